The highest BCUT2D eigenvalue weighted by molar-refractivity contribution is 5.74. The number of anilines is 1. The van der Waals surface area contributed by atoms with Crippen LogP contribution in [0.25, 0.3) is 29.3 Å². The summed E-state index contributed by atoms with van der Waals surface area (Å²) in [5.41, 5.74) is 8.90. The number of halogens is 1. The molecule has 0 fully saturated rings. The van der Waals surface area contributed by atoms with Gasteiger partial charge in [-0.25, -0.2) is 0 Å². The van der Waals surface area contributed by atoms with Crippen molar-refractivity contribution >= 4 is 35.0 Å². The second kappa shape index (κ2) is 15.1. The van der Waals surface area contributed by atoms with Crippen LogP contribution in [0.2, 0.25) is 0 Å². The zero-order chi connectivity index (χ0) is 30.3. The summed E-state index contributed by atoms with van der Waals surface area (Å²) in [7, 11) is 0. The number of nitrogens with zero attached hydrogens (tertiary/aromatic N) is 2. The van der Waals surface area contributed by atoms with Crippen molar-refractivity contribution in [1.29, 1.82) is 0 Å². The lowest BCUT2D eigenvalue weighted by Crippen LogP contribution is -3.00. The van der Waals surface area contributed by atoms with Crippen LogP contribution in [0.15, 0.2) is 132 Å². The van der Waals surface area contributed by atoms with Crippen LogP contribution in [0.1, 0.15) is 47.9 Å². The highest BCUT2D eigenvalue weighted by atomic mass is 127. The molecular weight excluding hydrogens is 667 g/mol. The van der Waals surface area contributed by atoms with Crippen molar-refractivity contribution in [2.75, 3.05) is 11.4 Å². The van der Waals surface area contributed by atoms with Gasteiger partial charge in [0.2, 0.25) is 11.5 Å². The maximum absolute atomic E-state index is 6.43. The fourth-order valence-corrected chi connectivity index (χ4v) is 5.77. The lowest BCUT2D eigenvalue weighted by atomic mass is 10.1. The zero-order valence-corrected chi connectivity index (χ0v) is 28.0. The first-order valence-electron chi connectivity index (χ1n) is 15.4. The zero-order valence-electron chi connectivity index (χ0n) is 25.8. The Kier molecular flexibility index (Phi) is 10.7. The Morgan fingerprint density at radius 1 is 0.800 bits per heavy atom. The lowest BCUT2D eigenvalue weighted by Gasteiger charge is -2.19. The SMILES string of the molecule is C=Cc1ccc2c(c1)N(CCCc1ccccc1)/C(=C\C(C)=C\c1oc3ccc(C=C)cc3[n+]1CCCc1ccccc1)O2.[I-]. The molecule has 0 amide bonds. The third-order valence-corrected chi connectivity index (χ3v) is 8.06. The van der Waals surface area contributed by atoms with Crippen molar-refractivity contribution in [2.24, 2.45) is 0 Å². The number of benzene rings is 4. The Morgan fingerprint density at radius 3 is 2.13 bits per heavy atom. The van der Waals surface area contributed by atoms with E-state index < -0.39 is 0 Å². The van der Waals surface area contributed by atoms with E-state index in [4.69, 9.17) is 9.15 Å². The molecule has 45 heavy (non-hydrogen) atoms. The Labute approximate surface area is 283 Å². The number of allylic oxidation sites excluding steroid dienone is 2. The summed E-state index contributed by atoms with van der Waals surface area (Å²) in [4.78, 5) is 2.28. The Morgan fingerprint density at radius 2 is 1.44 bits per heavy atom. The van der Waals surface area contributed by atoms with Gasteiger partial charge in [0.15, 0.2) is 12.3 Å². The molecule has 0 spiro atoms. The third-order valence-electron chi connectivity index (χ3n) is 8.06. The maximum atomic E-state index is 6.43. The van der Waals surface area contributed by atoms with Crippen LogP contribution in [0.5, 0.6) is 5.75 Å². The van der Waals surface area contributed by atoms with Crippen LogP contribution in [0.3, 0.4) is 0 Å². The monoisotopic (exact) mass is 706 g/mol. The number of rotatable bonds is 12. The van der Waals surface area contributed by atoms with Crippen LogP contribution < -0.4 is 38.2 Å². The summed E-state index contributed by atoms with van der Waals surface area (Å²) in [5.74, 6) is 2.51. The average molecular weight is 707 g/mol. The number of hydrogen-bond donors (Lipinski definition) is 0. The molecule has 4 nitrogen and oxygen atoms in total. The minimum atomic E-state index is 0. The molecule has 1 aliphatic rings. The van der Waals surface area contributed by atoms with Gasteiger partial charge in [-0.2, -0.15) is 4.57 Å². The quantitative estimate of drug-likeness (QED) is 0.111. The first kappa shape index (κ1) is 32.0. The predicted molar refractivity (Wildman–Crippen MR) is 182 cm³/mol. The molecule has 1 aromatic heterocycles. The summed E-state index contributed by atoms with van der Waals surface area (Å²) in [6.45, 7) is 11.7. The maximum Gasteiger partial charge on any atom is 0.374 e. The van der Waals surface area contributed by atoms with Gasteiger partial charge in [0.25, 0.3) is 5.52 Å². The van der Waals surface area contributed by atoms with E-state index in [1.54, 1.807) is 0 Å². The molecular formula is C40H39IN2O2. The van der Waals surface area contributed by atoms with E-state index in [9.17, 15) is 0 Å². The molecule has 0 radical (unpaired) electrons. The molecule has 5 aromatic rings. The van der Waals surface area contributed by atoms with E-state index in [0.717, 1.165) is 89.8 Å². The van der Waals surface area contributed by atoms with Crippen LogP contribution >= 0.6 is 0 Å². The molecule has 0 atom stereocenters. The average Bonchev–Trinajstić information content (AvgIpc) is 3.57. The van der Waals surface area contributed by atoms with E-state index in [0.29, 0.717) is 0 Å². The van der Waals surface area contributed by atoms with Gasteiger partial charge in [-0.1, -0.05) is 98.1 Å². The molecule has 1 aliphatic heterocycles. The van der Waals surface area contributed by atoms with Crippen molar-refractivity contribution in [1.82, 2.24) is 0 Å². The number of ether oxygens (including phenoxy) is 1. The van der Waals surface area contributed by atoms with Gasteiger partial charge < -0.3 is 38.0 Å². The number of aryl methyl sites for hydroxylation is 3. The molecule has 228 valence electrons. The summed E-state index contributed by atoms with van der Waals surface area (Å²) >= 11 is 0. The fraction of sp³-hybridized carbons (Fsp3) is 0.175. The van der Waals surface area contributed by atoms with E-state index in [1.807, 2.05) is 36.4 Å². The standard InChI is InChI=1S/C40H39N2O2.HI/c1-4-31-20-22-37-35(28-31)41(24-12-18-33-14-8-6-9-15-33)39(43-37)26-30(3)27-40-42(25-13-19-34-16-10-7-11-17-34)36-29-32(5-2)21-23-38(36)44-40;/h4-11,14-17,20-23,26-29H,1-2,12-13,18-19,24-25H2,3H3;1H/q+1;/p-1. The summed E-state index contributed by atoms with van der Waals surface area (Å²) < 4.78 is 15.1. The first-order chi connectivity index (χ1) is 21.6. The van der Waals surface area contributed by atoms with Gasteiger partial charge in [0.05, 0.1) is 11.8 Å². The molecule has 0 saturated carbocycles. The predicted octanol–water partition coefficient (Wildman–Crippen LogP) is 6.42. The molecule has 0 N–H and O–H groups in total. The van der Waals surface area contributed by atoms with Gasteiger partial charge in [-0.15, -0.1) is 0 Å². The van der Waals surface area contributed by atoms with Crippen molar-refractivity contribution < 1.29 is 37.7 Å². The molecule has 6 rings (SSSR count). The van der Waals surface area contributed by atoms with Crippen molar-refractivity contribution in [3.05, 3.63) is 156 Å². The smallest absolute Gasteiger partial charge is 0.374 e. The summed E-state index contributed by atoms with van der Waals surface area (Å²) in [6, 6.07) is 33.8. The van der Waals surface area contributed by atoms with Gasteiger partial charge >= 0.3 is 5.89 Å². The largest absolute Gasteiger partial charge is 1.00 e. The third kappa shape index (κ3) is 7.66. The second-order valence-corrected chi connectivity index (χ2v) is 11.3. The van der Waals surface area contributed by atoms with Crippen LogP contribution in [-0.2, 0) is 19.4 Å². The highest BCUT2D eigenvalue weighted by Crippen LogP contribution is 2.40. The molecule has 0 aliphatic carbocycles. The van der Waals surface area contributed by atoms with E-state index in [-0.39, 0.29) is 24.0 Å². The fourth-order valence-electron chi connectivity index (χ4n) is 5.77. The molecule has 0 unspecified atom stereocenters. The van der Waals surface area contributed by atoms with E-state index in [1.165, 1.54) is 11.1 Å². The minimum Gasteiger partial charge on any atom is -1.00 e. The molecule has 4 aromatic carbocycles. The second-order valence-electron chi connectivity index (χ2n) is 11.3. The summed E-state index contributed by atoms with van der Waals surface area (Å²) in [5, 5.41) is 0. The van der Waals surface area contributed by atoms with Crippen LogP contribution in [-0.4, -0.2) is 6.54 Å². The van der Waals surface area contributed by atoms with Gasteiger partial charge in [-0.3, -0.25) is 0 Å². The topological polar surface area (TPSA) is 29.5 Å². The normalized spacial score (nSPS) is 13.4. The van der Waals surface area contributed by atoms with Gasteiger partial charge in [-0.05, 0) is 72.2 Å². The molecule has 0 bridgehead atoms. The van der Waals surface area contributed by atoms with Crippen LogP contribution in [0, 0.1) is 0 Å². The number of fused-ring (bicyclic) bond motifs is 2. The minimum absolute atomic E-state index is 0. The molecule has 5 heteroatoms. The Hall–Kier alpha value is -4.36. The van der Waals surface area contributed by atoms with Crippen molar-refractivity contribution in [3.8, 4) is 5.75 Å². The lowest BCUT2D eigenvalue weighted by molar-refractivity contribution is -0.678. The van der Waals surface area contributed by atoms with E-state index >= 15 is 0 Å². The summed E-state index contributed by atoms with van der Waals surface area (Å²) in [6.07, 6.45) is 12.0. The molecule has 0 saturated heterocycles. The van der Waals surface area contributed by atoms with Gasteiger partial charge in [0.1, 0.15) is 0 Å². The number of hydrogen-bond acceptors (Lipinski definition) is 3. The van der Waals surface area contributed by atoms with Crippen molar-refractivity contribution in [2.45, 2.75) is 39.2 Å². The Balaban J connectivity index is 0.00000400. The number of aromatic nitrogens is 1. The molecule has 2 heterocycles. The Bertz CT molecular complexity index is 1840. The first-order valence-corrected chi connectivity index (χ1v) is 15.4. The van der Waals surface area contributed by atoms with Gasteiger partial charge in [0, 0.05) is 25.1 Å². The van der Waals surface area contributed by atoms with E-state index in [2.05, 4.69) is 114 Å². The van der Waals surface area contributed by atoms with Crippen molar-refractivity contribution in [3.63, 3.8) is 0 Å². The highest BCUT2D eigenvalue weighted by Gasteiger charge is 2.27. The van der Waals surface area contributed by atoms with Crippen LogP contribution in [0.4, 0.5) is 5.69 Å². The number of oxazole rings is 1.